The van der Waals surface area contributed by atoms with E-state index < -0.39 is 0 Å². The fraction of sp³-hybridized carbons (Fsp3) is 0.538. The largest absolute Gasteiger partial charge is 0.392 e. The van der Waals surface area contributed by atoms with E-state index >= 15 is 0 Å². The molecule has 1 fully saturated rings. The van der Waals surface area contributed by atoms with Crippen molar-refractivity contribution in [2.75, 3.05) is 0 Å². The third kappa shape index (κ3) is 2.32. The molecule has 2 atom stereocenters. The van der Waals surface area contributed by atoms with E-state index in [1.54, 1.807) is 12.1 Å². The highest BCUT2D eigenvalue weighted by Crippen LogP contribution is 2.40. The van der Waals surface area contributed by atoms with Gasteiger partial charge in [0.25, 0.3) is 0 Å². The van der Waals surface area contributed by atoms with E-state index in [1.165, 1.54) is 6.07 Å². The Bertz CT molecular complexity index is 422. The van der Waals surface area contributed by atoms with Gasteiger partial charge < -0.3 is 10.4 Å². The van der Waals surface area contributed by atoms with Crippen LogP contribution in [-0.2, 0) is 6.54 Å². The quantitative estimate of drug-likeness (QED) is 0.873. The first-order chi connectivity index (χ1) is 7.93. The van der Waals surface area contributed by atoms with Crippen LogP contribution in [0, 0.1) is 11.2 Å². The second-order valence-electron chi connectivity index (χ2n) is 5.22. The zero-order chi connectivity index (χ0) is 12.6. The third-order valence-electron chi connectivity index (χ3n) is 3.79. The van der Waals surface area contributed by atoms with Gasteiger partial charge in [-0.3, -0.25) is 0 Å². The summed E-state index contributed by atoms with van der Waals surface area (Å²) in [5.74, 6) is -0.362. The van der Waals surface area contributed by atoms with Crippen molar-refractivity contribution in [3.05, 3.63) is 34.6 Å². The van der Waals surface area contributed by atoms with Gasteiger partial charge in [-0.1, -0.05) is 37.6 Å². The molecule has 2 rings (SSSR count). The summed E-state index contributed by atoms with van der Waals surface area (Å²) in [5, 5.41) is 13.0. The van der Waals surface area contributed by atoms with Crippen LogP contribution in [-0.4, -0.2) is 17.3 Å². The van der Waals surface area contributed by atoms with E-state index in [9.17, 15) is 9.50 Å². The lowest BCUT2D eigenvalue weighted by Crippen LogP contribution is -2.59. The first-order valence-electron chi connectivity index (χ1n) is 5.77. The summed E-state index contributed by atoms with van der Waals surface area (Å²) >= 11 is 5.71. The van der Waals surface area contributed by atoms with Crippen molar-refractivity contribution in [2.24, 2.45) is 5.41 Å². The van der Waals surface area contributed by atoms with Crippen molar-refractivity contribution in [1.29, 1.82) is 0 Å². The van der Waals surface area contributed by atoms with Crippen molar-refractivity contribution in [3.63, 3.8) is 0 Å². The third-order valence-corrected chi connectivity index (χ3v) is 4.08. The monoisotopic (exact) mass is 257 g/mol. The summed E-state index contributed by atoms with van der Waals surface area (Å²) in [5.41, 5.74) is 0.421. The predicted octanol–water partition coefficient (Wildman–Crippen LogP) is 2.73. The molecule has 0 aromatic heterocycles. The van der Waals surface area contributed by atoms with Gasteiger partial charge in [0.2, 0.25) is 0 Å². The van der Waals surface area contributed by atoms with Crippen molar-refractivity contribution >= 4 is 11.6 Å². The van der Waals surface area contributed by atoms with Crippen LogP contribution in [0.5, 0.6) is 0 Å². The van der Waals surface area contributed by atoms with Gasteiger partial charge in [0.05, 0.1) is 11.1 Å². The van der Waals surface area contributed by atoms with Crippen LogP contribution in [0.25, 0.3) is 0 Å². The maximum atomic E-state index is 13.6. The molecule has 0 radical (unpaired) electrons. The number of hydrogen-bond acceptors (Lipinski definition) is 2. The number of aliphatic hydroxyl groups is 1. The lowest BCUT2D eigenvalue weighted by Gasteiger charge is -2.49. The maximum absolute atomic E-state index is 13.6. The van der Waals surface area contributed by atoms with Gasteiger partial charge in [-0.05, 0) is 12.5 Å². The second kappa shape index (κ2) is 4.56. The van der Waals surface area contributed by atoms with Crippen molar-refractivity contribution < 1.29 is 9.50 Å². The van der Waals surface area contributed by atoms with Crippen LogP contribution in [0.3, 0.4) is 0 Å². The molecule has 17 heavy (non-hydrogen) atoms. The molecule has 0 bridgehead atoms. The van der Waals surface area contributed by atoms with Crippen molar-refractivity contribution in [2.45, 2.75) is 39.0 Å². The number of benzene rings is 1. The highest BCUT2D eigenvalue weighted by molar-refractivity contribution is 6.30. The van der Waals surface area contributed by atoms with E-state index in [1.807, 2.05) is 13.8 Å². The Hall–Kier alpha value is -0.640. The Balaban J connectivity index is 1.97. The van der Waals surface area contributed by atoms with Crippen LogP contribution in [0.15, 0.2) is 18.2 Å². The molecule has 0 aliphatic heterocycles. The van der Waals surface area contributed by atoms with Gasteiger partial charge in [0, 0.05) is 23.6 Å². The normalized spacial score (nSPS) is 26.6. The van der Waals surface area contributed by atoms with E-state index in [-0.39, 0.29) is 28.4 Å². The first kappa shape index (κ1) is 12.8. The molecule has 94 valence electrons. The minimum atomic E-state index is -0.362. The Kier molecular flexibility index (Phi) is 3.43. The molecule has 2 nitrogen and oxygen atoms in total. The van der Waals surface area contributed by atoms with Crippen LogP contribution in [0.4, 0.5) is 4.39 Å². The number of aliphatic hydroxyl groups excluding tert-OH is 1. The van der Waals surface area contributed by atoms with Gasteiger partial charge in [0.15, 0.2) is 0 Å². The summed E-state index contributed by atoms with van der Waals surface area (Å²) in [4.78, 5) is 0. The summed E-state index contributed by atoms with van der Waals surface area (Å²) in [6.45, 7) is 4.45. The van der Waals surface area contributed by atoms with E-state index in [2.05, 4.69) is 5.32 Å². The Labute approximate surface area is 106 Å². The van der Waals surface area contributed by atoms with Gasteiger partial charge in [-0.25, -0.2) is 4.39 Å². The van der Waals surface area contributed by atoms with Crippen LogP contribution < -0.4 is 5.32 Å². The van der Waals surface area contributed by atoms with E-state index in [0.717, 1.165) is 6.42 Å². The average Bonchev–Trinajstić information content (AvgIpc) is 2.29. The number of hydrogen-bond donors (Lipinski definition) is 2. The molecule has 0 saturated heterocycles. The van der Waals surface area contributed by atoms with Crippen molar-refractivity contribution in [3.8, 4) is 0 Å². The molecular weight excluding hydrogens is 241 g/mol. The second-order valence-corrected chi connectivity index (χ2v) is 5.63. The fourth-order valence-electron chi connectivity index (χ4n) is 2.17. The van der Waals surface area contributed by atoms with Crippen LogP contribution in [0.1, 0.15) is 25.8 Å². The Morgan fingerprint density at radius 3 is 2.82 bits per heavy atom. The standard InChI is InChI=1S/C13H17ClFNO/c1-13(2)10(6-11(13)17)16-7-8-4-3-5-9(14)12(8)15/h3-5,10-11,16-17H,6-7H2,1-2H3. The SMILES string of the molecule is CC1(C)C(O)CC1NCc1cccc(Cl)c1F. The summed E-state index contributed by atoms with van der Waals surface area (Å²) < 4.78 is 13.6. The molecule has 1 aliphatic carbocycles. The summed E-state index contributed by atoms with van der Waals surface area (Å²) in [6, 6.07) is 5.22. The molecule has 1 aromatic carbocycles. The molecule has 2 N–H and O–H groups in total. The number of nitrogens with one attached hydrogen (secondary N) is 1. The zero-order valence-electron chi connectivity index (χ0n) is 10.0. The molecule has 1 aromatic rings. The van der Waals surface area contributed by atoms with Gasteiger partial charge in [-0.15, -0.1) is 0 Å². The van der Waals surface area contributed by atoms with Gasteiger partial charge in [0.1, 0.15) is 5.82 Å². The molecule has 1 saturated carbocycles. The molecule has 0 spiro atoms. The minimum Gasteiger partial charge on any atom is -0.392 e. The van der Waals surface area contributed by atoms with E-state index in [4.69, 9.17) is 11.6 Å². The molecule has 0 heterocycles. The molecule has 4 heteroatoms. The van der Waals surface area contributed by atoms with Crippen LogP contribution >= 0.6 is 11.6 Å². The molecular formula is C13H17ClFNO. The molecule has 0 amide bonds. The Morgan fingerprint density at radius 1 is 1.53 bits per heavy atom. The highest BCUT2D eigenvalue weighted by Gasteiger charge is 2.46. The van der Waals surface area contributed by atoms with Crippen molar-refractivity contribution in [1.82, 2.24) is 5.32 Å². The van der Waals surface area contributed by atoms with Gasteiger partial charge in [-0.2, -0.15) is 0 Å². The topological polar surface area (TPSA) is 32.3 Å². The van der Waals surface area contributed by atoms with Crippen LogP contribution in [0.2, 0.25) is 5.02 Å². The number of halogens is 2. The minimum absolute atomic E-state index is 0.144. The van der Waals surface area contributed by atoms with Gasteiger partial charge >= 0.3 is 0 Å². The maximum Gasteiger partial charge on any atom is 0.146 e. The molecule has 1 aliphatic rings. The molecule has 2 unspecified atom stereocenters. The fourth-order valence-corrected chi connectivity index (χ4v) is 2.36. The highest BCUT2D eigenvalue weighted by atomic mass is 35.5. The summed E-state index contributed by atoms with van der Waals surface area (Å²) in [6.07, 6.45) is 0.444. The Morgan fingerprint density at radius 2 is 2.24 bits per heavy atom. The van der Waals surface area contributed by atoms with E-state index in [0.29, 0.717) is 12.1 Å². The summed E-state index contributed by atoms with van der Waals surface area (Å²) in [7, 11) is 0. The lowest BCUT2D eigenvalue weighted by atomic mass is 9.64. The zero-order valence-corrected chi connectivity index (χ0v) is 10.8. The number of rotatable bonds is 3. The lowest BCUT2D eigenvalue weighted by molar-refractivity contribution is -0.0730. The predicted molar refractivity (Wildman–Crippen MR) is 66.4 cm³/mol. The average molecular weight is 258 g/mol. The smallest absolute Gasteiger partial charge is 0.146 e. The first-order valence-corrected chi connectivity index (χ1v) is 6.15.